The number of aliphatic carboxylic acids is 1. The lowest BCUT2D eigenvalue weighted by Gasteiger charge is -2.01. The number of aryl methyl sites for hydroxylation is 1. The molecule has 0 bridgehead atoms. The van der Waals surface area contributed by atoms with E-state index < -0.39 is 5.97 Å². The molecule has 1 heterocycles. The zero-order valence-electron chi connectivity index (χ0n) is 9.82. The summed E-state index contributed by atoms with van der Waals surface area (Å²) in [5, 5.41) is 9.68. The van der Waals surface area contributed by atoms with E-state index in [0.29, 0.717) is 18.0 Å². The average Bonchev–Trinajstić information content (AvgIpc) is 2.56. The molecule has 0 unspecified atom stereocenters. The highest BCUT2D eigenvalue weighted by Crippen LogP contribution is 2.29. The Morgan fingerprint density at radius 3 is 2.88 bits per heavy atom. The van der Waals surface area contributed by atoms with Crippen molar-refractivity contribution in [1.29, 1.82) is 0 Å². The van der Waals surface area contributed by atoms with E-state index >= 15 is 0 Å². The molecule has 2 aromatic rings. The number of carboxylic acids is 1. The summed E-state index contributed by atoms with van der Waals surface area (Å²) in [7, 11) is 0. The smallest absolute Gasteiger partial charge is 0.311 e. The average molecular weight is 234 g/mol. The maximum absolute atomic E-state index is 10.7. The van der Waals surface area contributed by atoms with E-state index in [1.54, 1.807) is 6.07 Å². The van der Waals surface area contributed by atoms with Crippen LogP contribution in [-0.4, -0.2) is 17.7 Å². The largest absolute Gasteiger partial charge is 0.494 e. The van der Waals surface area contributed by atoms with Gasteiger partial charge in [-0.15, -0.1) is 0 Å². The molecule has 0 saturated heterocycles. The zero-order valence-corrected chi connectivity index (χ0v) is 9.82. The predicted octanol–water partition coefficient (Wildman–Crippen LogP) is 2.77. The van der Waals surface area contributed by atoms with Crippen molar-refractivity contribution in [3.05, 3.63) is 29.5 Å². The van der Waals surface area contributed by atoms with Crippen molar-refractivity contribution in [3.8, 4) is 5.75 Å². The fourth-order valence-electron chi connectivity index (χ4n) is 1.81. The quantitative estimate of drug-likeness (QED) is 0.883. The van der Waals surface area contributed by atoms with E-state index in [2.05, 4.69) is 0 Å². The molecule has 2 rings (SSSR count). The molecule has 0 fully saturated rings. The first-order valence-electron chi connectivity index (χ1n) is 5.48. The van der Waals surface area contributed by atoms with Crippen LogP contribution in [0.1, 0.15) is 18.2 Å². The molecule has 1 N–H and O–H groups in total. The molecule has 0 radical (unpaired) electrons. The van der Waals surface area contributed by atoms with Gasteiger partial charge in [-0.1, -0.05) is 0 Å². The number of furan rings is 1. The summed E-state index contributed by atoms with van der Waals surface area (Å²) in [5.41, 5.74) is 1.56. The van der Waals surface area contributed by atoms with Gasteiger partial charge in [0, 0.05) is 5.39 Å². The van der Waals surface area contributed by atoms with Crippen LogP contribution in [0, 0.1) is 6.92 Å². The van der Waals surface area contributed by atoms with Gasteiger partial charge in [0.25, 0.3) is 0 Å². The van der Waals surface area contributed by atoms with Gasteiger partial charge in [0.1, 0.15) is 23.5 Å². The Morgan fingerprint density at radius 1 is 1.47 bits per heavy atom. The Bertz CT molecular complexity index is 554. The molecule has 0 aliphatic carbocycles. The van der Waals surface area contributed by atoms with Crippen molar-refractivity contribution in [2.24, 2.45) is 0 Å². The van der Waals surface area contributed by atoms with E-state index in [-0.39, 0.29) is 6.42 Å². The van der Waals surface area contributed by atoms with E-state index in [1.165, 1.54) is 0 Å². The van der Waals surface area contributed by atoms with Gasteiger partial charge in [0.2, 0.25) is 0 Å². The summed E-state index contributed by atoms with van der Waals surface area (Å²) in [6.45, 7) is 4.38. The lowest BCUT2D eigenvalue weighted by Crippen LogP contribution is -1.99. The maximum Gasteiger partial charge on any atom is 0.311 e. The number of carboxylic acid groups (broad SMARTS) is 1. The second kappa shape index (κ2) is 4.49. The molecular weight excluding hydrogens is 220 g/mol. The van der Waals surface area contributed by atoms with Crippen LogP contribution in [-0.2, 0) is 11.2 Å². The van der Waals surface area contributed by atoms with Crippen molar-refractivity contribution in [2.45, 2.75) is 20.3 Å². The third-order valence-electron chi connectivity index (χ3n) is 2.63. The van der Waals surface area contributed by atoms with E-state index in [1.807, 2.05) is 26.0 Å². The predicted molar refractivity (Wildman–Crippen MR) is 63.5 cm³/mol. The monoisotopic (exact) mass is 234 g/mol. The molecule has 0 saturated carbocycles. The van der Waals surface area contributed by atoms with Gasteiger partial charge < -0.3 is 14.3 Å². The Hall–Kier alpha value is -1.97. The van der Waals surface area contributed by atoms with Crippen molar-refractivity contribution in [3.63, 3.8) is 0 Å². The van der Waals surface area contributed by atoms with Crippen LogP contribution in [0.2, 0.25) is 0 Å². The van der Waals surface area contributed by atoms with Crippen LogP contribution in [0.4, 0.5) is 0 Å². The van der Waals surface area contributed by atoms with Gasteiger partial charge in [0.05, 0.1) is 6.61 Å². The van der Waals surface area contributed by atoms with E-state index in [4.69, 9.17) is 14.3 Å². The van der Waals surface area contributed by atoms with Gasteiger partial charge in [-0.25, -0.2) is 0 Å². The number of rotatable bonds is 4. The standard InChI is InChI=1S/C13H14O4/c1-3-16-9-4-5-11-10(6-9)8(2)12(17-11)7-13(14)15/h4-6H,3,7H2,1-2H3,(H,14,15). The van der Waals surface area contributed by atoms with Crippen LogP contribution in [0.25, 0.3) is 11.0 Å². The summed E-state index contributed by atoms with van der Waals surface area (Å²) >= 11 is 0. The second-order valence-electron chi connectivity index (χ2n) is 3.81. The third-order valence-corrected chi connectivity index (χ3v) is 2.63. The summed E-state index contributed by atoms with van der Waals surface area (Å²) in [4.78, 5) is 10.7. The lowest BCUT2D eigenvalue weighted by molar-refractivity contribution is -0.136. The first-order valence-corrected chi connectivity index (χ1v) is 5.48. The highest BCUT2D eigenvalue weighted by molar-refractivity contribution is 5.85. The fraction of sp³-hybridized carbons (Fsp3) is 0.308. The molecular formula is C13H14O4. The summed E-state index contributed by atoms with van der Waals surface area (Å²) in [6, 6.07) is 5.50. The van der Waals surface area contributed by atoms with Crippen molar-refractivity contribution < 1.29 is 19.1 Å². The van der Waals surface area contributed by atoms with Crippen molar-refractivity contribution in [1.82, 2.24) is 0 Å². The van der Waals surface area contributed by atoms with Gasteiger partial charge in [0.15, 0.2) is 0 Å². The Kier molecular flexibility index (Phi) is 3.04. The van der Waals surface area contributed by atoms with Crippen LogP contribution in [0.5, 0.6) is 5.75 Å². The Balaban J connectivity index is 2.46. The molecule has 0 amide bonds. The number of carbonyl (C=O) groups is 1. The number of hydrogen-bond acceptors (Lipinski definition) is 3. The maximum atomic E-state index is 10.7. The summed E-state index contributed by atoms with van der Waals surface area (Å²) < 4.78 is 10.9. The van der Waals surface area contributed by atoms with E-state index in [0.717, 1.165) is 16.7 Å². The third kappa shape index (κ3) is 2.25. The molecule has 0 spiro atoms. The summed E-state index contributed by atoms with van der Waals surface area (Å²) in [5.74, 6) is 0.379. The van der Waals surface area contributed by atoms with Crippen LogP contribution >= 0.6 is 0 Å². The summed E-state index contributed by atoms with van der Waals surface area (Å²) in [6.07, 6.45) is -0.0928. The van der Waals surface area contributed by atoms with Crippen LogP contribution < -0.4 is 4.74 Å². The molecule has 0 aliphatic heterocycles. The normalized spacial score (nSPS) is 10.7. The second-order valence-corrected chi connectivity index (χ2v) is 3.81. The molecule has 17 heavy (non-hydrogen) atoms. The minimum atomic E-state index is -0.891. The van der Waals surface area contributed by atoms with Gasteiger partial charge in [-0.05, 0) is 37.6 Å². The minimum absolute atomic E-state index is 0.0928. The highest BCUT2D eigenvalue weighted by atomic mass is 16.5. The molecule has 0 atom stereocenters. The molecule has 90 valence electrons. The molecule has 4 nitrogen and oxygen atoms in total. The number of ether oxygens (including phenoxy) is 1. The van der Waals surface area contributed by atoms with Gasteiger partial charge in [-0.3, -0.25) is 4.79 Å². The first-order chi connectivity index (χ1) is 8.11. The Labute approximate surface area is 98.8 Å². The van der Waals surface area contributed by atoms with Crippen molar-refractivity contribution >= 4 is 16.9 Å². The number of fused-ring (bicyclic) bond motifs is 1. The first kappa shape index (κ1) is 11.5. The molecule has 1 aromatic carbocycles. The molecule has 1 aromatic heterocycles. The number of benzene rings is 1. The number of hydrogen-bond donors (Lipinski definition) is 1. The Morgan fingerprint density at radius 2 is 2.24 bits per heavy atom. The van der Waals surface area contributed by atoms with E-state index in [9.17, 15) is 4.79 Å². The molecule has 4 heteroatoms. The van der Waals surface area contributed by atoms with Crippen LogP contribution in [0.3, 0.4) is 0 Å². The SMILES string of the molecule is CCOc1ccc2oc(CC(=O)O)c(C)c2c1. The highest BCUT2D eigenvalue weighted by Gasteiger charge is 2.13. The topological polar surface area (TPSA) is 59.7 Å². The van der Waals surface area contributed by atoms with Gasteiger partial charge in [-0.2, -0.15) is 0 Å². The zero-order chi connectivity index (χ0) is 12.4. The van der Waals surface area contributed by atoms with Crippen LogP contribution in [0.15, 0.2) is 22.6 Å². The minimum Gasteiger partial charge on any atom is -0.494 e. The van der Waals surface area contributed by atoms with Gasteiger partial charge >= 0.3 is 5.97 Å². The lowest BCUT2D eigenvalue weighted by atomic mass is 10.1. The fourth-order valence-corrected chi connectivity index (χ4v) is 1.81. The molecule has 0 aliphatic rings. The van der Waals surface area contributed by atoms with Crippen molar-refractivity contribution in [2.75, 3.05) is 6.61 Å².